The Hall–Kier alpha value is -0.530. The van der Waals surface area contributed by atoms with Crippen LogP contribution in [0.2, 0.25) is 0 Å². The van der Waals surface area contributed by atoms with Crippen molar-refractivity contribution in [3.63, 3.8) is 0 Å². The molecule has 1 aliphatic rings. The zero-order chi connectivity index (χ0) is 7.07. The van der Waals surface area contributed by atoms with Crippen LogP contribution in [-0.2, 0) is 4.79 Å². The van der Waals surface area contributed by atoms with Crippen LogP contribution in [0.25, 0.3) is 0 Å². The lowest BCUT2D eigenvalue weighted by Crippen LogP contribution is -2.20. The summed E-state index contributed by atoms with van der Waals surface area (Å²) in [6.07, 6.45) is 1.75. The van der Waals surface area contributed by atoms with Crippen LogP contribution in [0.3, 0.4) is 0 Å². The Balaban J connectivity index is 2.63. The van der Waals surface area contributed by atoms with Crippen LogP contribution >= 0.6 is 0 Å². The third-order valence-corrected chi connectivity index (χ3v) is 2.32. The highest BCUT2D eigenvalue weighted by molar-refractivity contribution is 5.78. The molecule has 0 aliphatic heterocycles. The molecule has 2 heteroatoms. The summed E-state index contributed by atoms with van der Waals surface area (Å²) in [5, 5.41) is 8.67. The van der Waals surface area contributed by atoms with Gasteiger partial charge in [-0.2, -0.15) is 0 Å². The zero-order valence-corrected chi connectivity index (χ0v) is 5.85. The summed E-state index contributed by atoms with van der Waals surface area (Å²) >= 11 is 0. The fraction of sp³-hybridized carbons (Fsp3) is 0.857. The van der Waals surface area contributed by atoms with Gasteiger partial charge in [0, 0.05) is 0 Å². The second kappa shape index (κ2) is 1.72. The van der Waals surface area contributed by atoms with Crippen molar-refractivity contribution in [3.8, 4) is 0 Å². The molecule has 1 aliphatic carbocycles. The first-order chi connectivity index (χ1) is 4.09. The van der Waals surface area contributed by atoms with Gasteiger partial charge in [0.15, 0.2) is 0 Å². The number of hydrogen-bond donors (Lipinski definition) is 1. The third-order valence-electron chi connectivity index (χ3n) is 2.32. The van der Waals surface area contributed by atoms with Gasteiger partial charge in [-0.1, -0.05) is 13.8 Å². The second-order valence-corrected chi connectivity index (χ2v) is 3.12. The van der Waals surface area contributed by atoms with E-state index < -0.39 is 5.97 Å². The number of aliphatic carboxylic acids is 1. The summed E-state index contributed by atoms with van der Waals surface area (Å²) in [6.45, 7) is 3.95. The van der Waals surface area contributed by atoms with Gasteiger partial charge in [-0.3, -0.25) is 4.79 Å². The van der Waals surface area contributed by atoms with Crippen LogP contribution in [0.15, 0.2) is 0 Å². The first kappa shape index (κ1) is 6.59. The second-order valence-electron chi connectivity index (χ2n) is 3.12. The minimum atomic E-state index is -0.613. The van der Waals surface area contributed by atoms with Gasteiger partial charge in [-0.15, -0.1) is 0 Å². The van der Waals surface area contributed by atoms with E-state index >= 15 is 0 Å². The van der Waals surface area contributed by atoms with E-state index in [0.29, 0.717) is 5.92 Å². The molecule has 2 nitrogen and oxygen atoms in total. The average Bonchev–Trinajstić information content (AvgIpc) is 2.40. The average molecular weight is 128 g/mol. The molecule has 0 aromatic carbocycles. The molecule has 0 unspecified atom stereocenters. The molecule has 0 amide bonds. The van der Waals surface area contributed by atoms with Crippen molar-refractivity contribution in [2.75, 3.05) is 0 Å². The van der Waals surface area contributed by atoms with Crippen molar-refractivity contribution in [1.29, 1.82) is 0 Å². The molecule has 0 atom stereocenters. The summed E-state index contributed by atoms with van der Waals surface area (Å²) in [5.41, 5.74) is -0.333. The topological polar surface area (TPSA) is 37.3 Å². The predicted octanol–water partition coefficient (Wildman–Crippen LogP) is 1.51. The van der Waals surface area contributed by atoms with Crippen LogP contribution in [0.5, 0.6) is 0 Å². The van der Waals surface area contributed by atoms with Crippen molar-refractivity contribution in [2.45, 2.75) is 26.7 Å². The Labute approximate surface area is 54.9 Å². The van der Waals surface area contributed by atoms with E-state index in [1.54, 1.807) is 0 Å². The maximum absolute atomic E-state index is 10.5. The molecule has 1 rings (SSSR count). The van der Waals surface area contributed by atoms with Gasteiger partial charge in [0.2, 0.25) is 0 Å². The molecule has 1 saturated carbocycles. The summed E-state index contributed by atoms with van der Waals surface area (Å²) in [5.74, 6) is -0.313. The predicted molar refractivity (Wildman–Crippen MR) is 34.1 cm³/mol. The minimum absolute atomic E-state index is 0.301. The van der Waals surface area contributed by atoms with E-state index in [1.807, 2.05) is 13.8 Å². The largest absolute Gasteiger partial charge is 0.481 e. The SMILES string of the molecule is CC(C)C1(C(=O)O)CC1. The molecule has 0 aromatic rings. The van der Waals surface area contributed by atoms with E-state index in [9.17, 15) is 4.79 Å². The van der Waals surface area contributed by atoms with Crippen LogP contribution in [-0.4, -0.2) is 11.1 Å². The normalized spacial score (nSPS) is 22.1. The maximum atomic E-state index is 10.5. The van der Waals surface area contributed by atoms with Gasteiger partial charge >= 0.3 is 5.97 Å². The van der Waals surface area contributed by atoms with E-state index in [1.165, 1.54) is 0 Å². The summed E-state index contributed by atoms with van der Waals surface area (Å²) in [4.78, 5) is 10.5. The Bertz CT molecular complexity index is 134. The first-order valence-electron chi connectivity index (χ1n) is 3.33. The molecule has 0 radical (unpaired) electrons. The Morgan fingerprint density at radius 2 is 2.00 bits per heavy atom. The Kier molecular flexibility index (Phi) is 1.26. The van der Waals surface area contributed by atoms with Crippen LogP contribution < -0.4 is 0 Å². The van der Waals surface area contributed by atoms with Crippen LogP contribution in [0.4, 0.5) is 0 Å². The lowest BCUT2D eigenvalue weighted by atomic mass is 9.93. The summed E-state index contributed by atoms with van der Waals surface area (Å²) in [6, 6.07) is 0. The molecule has 0 spiro atoms. The molecular formula is C7H12O2. The van der Waals surface area contributed by atoms with E-state index in [4.69, 9.17) is 5.11 Å². The lowest BCUT2D eigenvalue weighted by Gasteiger charge is -2.12. The maximum Gasteiger partial charge on any atom is 0.309 e. The van der Waals surface area contributed by atoms with E-state index in [0.717, 1.165) is 12.8 Å². The molecule has 1 fully saturated rings. The van der Waals surface area contributed by atoms with E-state index in [2.05, 4.69) is 0 Å². The van der Waals surface area contributed by atoms with Gasteiger partial charge in [0.05, 0.1) is 5.41 Å². The highest BCUT2D eigenvalue weighted by Crippen LogP contribution is 2.51. The highest BCUT2D eigenvalue weighted by Gasteiger charge is 2.52. The smallest absolute Gasteiger partial charge is 0.309 e. The number of hydrogen-bond acceptors (Lipinski definition) is 1. The fourth-order valence-electron chi connectivity index (χ4n) is 1.17. The van der Waals surface area contributed by atoms with Gasteiger partial charge in [0.25, 0.3) is 0 Å². The van der Waals surface area contributed by atoms with Gasteiger partial charge < -0.3 is 5.11 Å². The molecule has 0 saturated heterocycles. The fourth-order valence-corrected chi connectivity index (χ4v) is 1.17. The third kappa shape index (κ3) is 0.824. The van der Waals surface area contributed by atoms with Crippen molar-refractivity contribution in [3.05, 3.63) is 0 Å². The molecule has 0 bridgehead atoms. The lowest BCUT2D eigenvalue weighted by molar-refractivity contribution is -0.145. The summed E-state index contributed by atoms with van der Waals surface area (Å²) in [7, 11) is 0. The van der Waals surface area contributed by atoms with Crippen molar-refractivity contribution in [1.82, 2.24) is 0 Å². The number of carboxylic acid groups (broad SMARTS) is 1. The minimum Gasteiger partial charge on any atom is -0.481 e. The van der Waals surface area contributed by atoms with Gasteiger partial charge in [0.1, 0.15) is 0 Å². The standard InChI is InChI=1S/C7H12O2/c1-5(2)7(3-4-7)6(8)9/h5H,3-4H2,1-2H3,(H,8,9). The molecule has 52 valence electrons. The molecule has 0 heterocycles. The summed E-state index contributed by atoms with van der Waals surface area (Å²) < 4.78 is 0. The molecule has 1 N–H and O–H groups in total. The highest BCUT2D eigenvalue weighted by atomic mass is 16.4. The first-order valence-corrected chi connectivity index (χ1v) is 3.33. The molecular weight excluding hydrogens is 116 g/mol. The van der Waals surface area contributed by atoms with Crippen molar-refractivity contribution < 1.29 is 9.90 Å². The molecule has 0 aromatic heterocycles. The quantitative estimate of drug-likeness (QED) is 0.612. The number of rotatable bonds is 2. The Morgan fingerprint density at radius 1 is 1.56 bits per heavy atom. The zero-order valence-electron chi connectivity index (χ0n) is 5.85. The monoisotopic (exact) mass is 128 g/mol. The number of carbonyl (C=O) groups is 1. The van der Waals surface area contributed by atoms with Gasteiger partial charge in [-0.25, -0.2) is 0 Å². The molecule has 9 heavy (non-hydrogen) atoms. The number of carboxylic acids is 1. The van der Waals surface area contributed by atoms with E-state index in [-0.39, 0.29) is 5.41 Å². The van der Waals surface area contributed by atoms with Crippen molar-refractivity contribution >= 4 is 5.97 Å². The van der Waals surface area contributed by atoms with Crippen molar-refractivity contribution in [2.24, 2.45) is 11.3 Å². The Morgan fingerprint density at radius 3 is 2.00 bits per heavy atom. The van der Waals surface area contributed by atoms with Gasteiger partial charge in [-0.05, 0) is 18.8 Å². The van der Waals surface area contributed by atoms with Crippen LogP contribution in [0.1, 0.15) is 26.7 Å². The van der Waals surface area contributed by atoms with Crippen LogP contribution in [0, 0.1) is 11.3 Å².